The maximum absolute atomic E-state index is 11.5. The van der Waals surface area contributed by atoms with E-state index in [1.54, 1.807) is 12.1 Å². The van der Waals surface area contributed by atoms with Gasteiger partial charge in [-0.1, -0.05) is 0 Å². The standard InChI is InChI=1S/C9H9BrN2O3/c10-6-2-1-4-11-8(6)9(15)12-5-3-7(13)14/h1-2,4H,3,5H2,(H,12,15)(H,13,14). The van der Waals surface area contributed by atoms with Crippen LogP contribution >= 0.6 is 15.9 Å². The number of amides is 1. The average molecular weight is 273 g/mol. The third kappa shape index (κ3) is 3.67. The Bertz CT molecular complexity index is 381. The quantitative estimate of drug-likeness (QED) is 0.859. The number of halogens is 1. The first-order valence-electron chi connectivity index (χ1n) is 4.22. The van der Waals surface area contributed by atoms with Crippen LogP contribution in [0.4, 0.5) is 0 Å². The maximum Gasteiger partial charge on any atom is 0.305 e. The zero-order chi connectivity index (χ0) is 11.3. The van der Waals surface area contributed by atoms with Crippen LogP contribution in [0.2, 0.25) is 0 Å². The molecule has 0 atom stereocenters. The third-order valence-electron chi connectivity index (χ3n) is 1.60. The van der Waals surface area contributed by atoms with Crippen LogP contribution in [0, 0.1) is 0 Å². The van der Waals surface area contributed by atoms with Gasteiger partial charge in [0.2, 0.25) is 0 Å². The largest absolute Gasteiger partial charge is 0.481 e. The van der Waals surface area contributed by atoms with Crippen LogP contribution in [0.15, 0.2) is 22.8 Å². The molecular weight excluding hydrogens is 264 g/mol. The normalized spacial score (nSPS) is 9.67. The summed E-state index contributed by atoms with van der Waals surface area (Å²) in [5.41, 5.74) is 0.253. The predicted octanol–water partition coefficient (Wildman–Crippen LogP) is 1.05. The number of carbonyl (C=O) groups excluding carboxylic acids is 1. The van der Waals surface area contributed by atoms with Crippen LogP contribution in [-0.2, 0) is 4.79 Å². The van der Waals surface area contributed by atoms with Crippen molar-refractivity contribution in [1.82, 2.24) is 10.3 Å². The summed E-state index contributed by atoms with van der Waals surface area (Å²) in [6.45, 7) is 0.0944. The number of rotatable bonds is 4. The van der Waals surface area contributed by atoms with Crippen molar-refractivity contribution >= 4 is 27.8 Å². The number of pyridine rings is 1. The number of carboxylic acids is 1. The fraction of sp³-hybridized carbons (Fsp3) is 0.222. The van der Waals surface area contributed by atoms with E-state index >= 15 is 0 Å². The highest BCUT2D eigenvalue weighted by atomic mass is 79.9. The van der Waals surface area contributed by atoms with Crippen molar-refractivity contribution in [3.05, 3.63) is 28.5 Å². The third-order valence-corrected chi connectivity index (χ3v) is 2.24. The van der Waals surface area contributed by atoms with Crippen molar-refractivity contribution in [1.29, 1.82) is 0 Å². The molecule has 2 N–H and O–H groups in total. The zero-order valence-electron chi connectivity index (χ0n) is 7.74. The van der Waals surface area contributed by atoms with Crippen LogP contribution in [0.1, 0.15) is 16.9 Å². The molecule has 0 aliphatic carbocycles. The van der Waals surface area contributed by atoms with Crippen molar-refractivity contribution in [3.63, 3.8) is 0 Å². The first kappa shape index (κ1) is 11.6. The molecule has 0 bridgehead atoms. The van der Waals surface area contributed by atoms with Crippen molar-refractivity contribution < 1.29 is 14.7 Å². The van der Waals surface area contributed by atoms with Crippen molar-refractivity contribution in [2.24, 2.45) is 0 Å². The lowest BCUT2D eigenvalue weighted by atomic mass is 10.3. The molecular formula is C9H9BrN2O3. The minimum Gasteiger partial charge on any atom is -0.481 e. The SMILES string of the molecule is O=C(O)CCNC(=O)c1ncccc1Br. The van der Waals surface area contributed by atoms with Gasteiger partial charge in [-0.25, -0.2) is 4.98 Å². The van der Waals surface area contributed by atoms with Gasteiger partial charge in [-0.3, -0.25) is 9.59 Å². The molecule has 80 valence electrons. The summed E-state index contributed by atoms with van der Waals surface area (Å²) in [6.07, 6.45) is 1.40. The number of carboxylic acid groups (broad SMARTS) is 1. The minimum atomic E-state index is -0.949. The Kier molecular flexibility index (Phi) is 4.23. The van der Waals surface area contributed by atoms with Gasteiger partial charge in [-0.2, -0.15) is 0 Å². The maximum atomic E-state index is 11.5. The molecule has 0 aliphatic rings. The molecule has 1 amide bonds. The first-order valence-corrected chi connectivity index (χ1v) is 5.01. The summed E-state index contributed by atoms with van der Waals surface area (Å²) in [5.74, 6) is -1.33. The Morgan fingerprint density at radius 2 is 2.27 bits per heavy atom. The highest BCUT2D eigenvalue weighted by Crippen LogP contribution is 2.12. The first-order chi connectivity index (χ1) is 7.11. The van der Waals surface area contributed by atoms with Crippen LogP contribution in [0.25, 0.3) is 0 Å². The second-order valence-electron chi connectivity index (χ2n) is 2.73. The van der Waals surface area contributed by atoms with E-state index in [1.807, 2.05) is 0 Å². The molecule has 0 aromatic carbocycles. The Balaban J connectivity index is 2.54. The number of nitrogens with one attached hydrogen (secondary N) is 1. The number of aromatic nitrogens is 1. The van der Waals surface area contributed by atoms with Gasteiger partial charge in [0.05, 0.1) is 6.42 Å². The Morgan fingerprint density at radius 1 is 1.53 bits per heavy atom. The van der Waals surface area contributed by atoms with E-state index in [9.17, 15) is 9.59 Å². The summed E-state index contributed by atoms with van der Waals surface area (Å²) in [7, 11) is 0. The number of hydrogen-bond donors (Lipinski definition) is 2. The Labute approximate surface area is 94.6 Å². The monoisotopic (exact) mass is 272 g/mol. The number of hydrogen-bond acceptors (Lipinski definition) is 3. The summed E-state index contributed by atoms with van der Waals surface area (Å²) in [5, 5.41) is 10.8. The van der Waals surface area contributed by atoms with Gasteiger partial charge in [0.1, 0.15) is 5.69 Å². The second-order valence-corrected chi connectivity index (χ2v) is 3.59. The van der Waals surface area contributed by atoms with E-state index in [-0.39, 0.29) is 24.6 Å². The average Bonchev–Trinajstić information content (AvgIpc) is 2.17. The lowest BCUT2D eigenvalue weighted by Gasteiger charge is -2.03. The topological polar surface area (TPSA) is 79.3 Å². The molecule has 5 nitrogen and oxygen atoms in total. The fourth-order valence-electron chi connectivity index (χ4n) is 0.919. The van der Waals surface area contributed by atoms with E-state index in [0.717, 1.165) is 0 Å². The number of nitrogens with zero attached hydrogens (tertiary/aromatic N) is 1. The molecule has 0 saturated heterocycles. The number of carbonyl (C=O) groups is 2. The van der Waals surface area contributed by atoms with E-state index in [0.29, 0.717) is 4.47 Å². The molecule has 0 saturated carbocycles. The van der Waals surface area contributed by atoms with Gasteiger partial charge < -0.3 is 10.4 Å². The van der Waals surface area contributed by atoms with Gasteiger partial charge in [-0.05, 0) is 28.1 Å². The van der Waals surface area contributed by atoms with E-state index in [2.05, 4.69) is 26.2 Å². The highest BCUT2D eigenvalue weighted by molar-refractivity contribution is 9.10. The molecule has 6 heteroatoms. The van der Waals surface area contributed by atoms with Crippen LogP contribution in [0.5, 0.6) is 0 Å². The highest BCUT2D eigenvalue weighted by Gasteiger charge is 2.10. The van der Waals surface area contributed by atoms with E-state index in [4.69, 9.17) is 5.11 Å². The van der Waals surface area contributed by atoms with Crippen molar-refractivity contribution in [3.8, 4) is 0 Å². The van der Waals surface area contributed by atoms with Gasteiger partial charge >= 0.3 is 5.97 Å². The van der Waals surface area contributed by atoms with Crippen LogP contribution < -0.4 is 5.32 Å². The molecule has 0 spiro atoms. The van der Waals surface area contributed by atoms with Gasteiger partial charge in [-0.15, -0.1) is 0 Å². The van der Waals surface area contributed by atoms with Gasteiger partial charge in [0.15, 0.2) is 0 Å². The number of aliphatic carboxylic acids is 1. The van der Waals surface area contributed by atoms with Crippen molar-refractivity contribution in [2.75, 3.05) is 6.54 Å². The lowest BCUT2D eigenvalue weighted by molar-refractivity contribution is -0.136. The predicted molar refractivity (Wildman–Crippen MR) is 56.5 cm³/mol. The molecule has 1 aromatic heterocycles. The van der Waals surface area contributed by atoms with Crippen LogP contribution in [-0.4, -0.2) is 28.5 Å². The molecule has 0 fully saturated rings. The van der Waals surface area contributed by atoms with Gasteiger partial charge in [0, 0.05) is 17.2 Å². The molecule has 1 aromatic rings. The molecule has 1 heterocycles. The summed E-state index contributed by atoms with van der Waals surface area (Å²) < 4.78 is 0.581. The summed E-state index contributed by atoms with van der Waals surface area (Å²) in [6, 6.07) is 3.39. The summed E-state index contributed by atoms with van der Waals surface area (Å²) >= 11 is 3.18. The zero-order valence-corrected chi connectivity index (χ0v) is 9.32. The van der Waals surface area contributed by atoms with Crippen LogP contribution in [0.3, 0.4) is 0 Å². The molecule has 15 heavy (non-hydrogen) atoms. The molecule has 0 unspecified atom stereocenters. The van der Waals surface area contributed by atoms with Gasteiger partial charge in [0.25, 0.3) is 5.91 Å². The lowest BCUT2D eigenvalue weighted by Crippen LogP contribution is -2.27. The molecule has 1 rings (SSSR count). The Hall–Kier alpha value is -1.43. The summed E-state index contributed by atoms with van der Waals surface area (Å²) in [4.78, 5) is 25.5. The minimum absolute atomic E-state index is 0.0944. The molecule has 0 aliphatic heterocycles. The smallest absolute Gasteiger partial charge is 0.305 e. The second kappa shape index (κ2) is 5.45. The molecule has 0 radical (unpaired) electrons. The Morgan fingerprint density at radius 3 is 2.87 bits per heavy atom. The van der Waals surface area contributed by atoms with E-state index < -0.39 is 5.97 Å². The van der Waals surface area contributed by atoms with E-state index in [1.165, 1.54) is 6.20 Å². The van der Waals surface area contributed by atoms with Crippen molar-refractivity contribution in [2.45, 2.75) is 6.42 Å². The fourth-order valence-corrected chi connectivity index (χ4v) is 1.35.